The molecule has 3 rings (SSSR count). The summed E-state index contributed by atoms with van der Waals surface area (Å²) in [7, 11) is -2.88. The zero-order valence-electron chi connectivity index (χ0n) is 16.8. The molecule has 1 amide bonds. The van der Waals surface area contributed by atoms with Crippen LogP contribution in [0.2, 0.25) is 5.02 Å². The number of nitrogens with one attached hydrogen (secondary N) is 1. The molecule has 2 aliphatic rings. The van der Waals surface area contributed by atoms with E-state index in [-0.39, 0.29) is 33.8 Å². The van der Waals surface area contributed by atoms with Crippen LogP contribution in [0.25, 0.3) is 0 Å². The first-order chi connectivity index (χ1) is 13.8. The first kappa shape index (κ1) is 22.8. The van der Waals surface area contributed by atoms with Crippen LogP contribution in [0.3, 0.4) is 0 Å². The molecule has 0 radical (unpaired) electrons. The third-order valence-electron chi connectivity index (χ3n) is 4.52. The average Bonchev–Trinajstić information content (AvgIpc) is 3.01. The van der Waals surface area contributed by atoms with Crippen molar-refractivity contribution >= 4 is 51.0 Å². The predicted molar refractivity (Wildman–Crippen MR) is 110 cm³/mol. The van der Waals surface area contributed by atoms with Crippen LogP contribution in [0.5, 0.6) is 0 Å². The highest BCUT2D eigenvalue weighted by Crippen LogP contribution is 2.50. The van der Waals surface area contributed by atoms with E-state index >= 15 is 0 Å². The zero-order chi connectivity index (χ0) is 22.5. The Morgan fingerprint density at radius 1 is 1.47 bits per heavy atom. The number of nitrogens with zero attached hydrogens (tertiary/aromatic N) is 2. The Kier molecular flexibility index (Phi) is 5.82. The number of carbonyl (C=O) groups is 2. The number of aliphatic imine (C=N–C) groups is 1. The number of aromatic carboxylic acids is 1. The molecule has 1 aromatic rings. The largest absolute Gasteiger partial charge is 0.477 e. The molecule has 0 bridgehead atoms. The fourth-order valence-electron chi connectivity index (χ4n) is 3.29. The van der Waals surface area contributed by atoms with Crippen molar-refractivity contribution in [2.75, 3.05) is 13.7 Å². The Morgan fingerprint density at radius 2 is 2.13 bits per heavy atom. The normalized spacial score (nSPS) is 25.8. The van der Waals surface area contributed by atoms with Gasteiger partial charge < -0.3 is 14.6 Å². The summed E-state index contributed by atoms with van der Waals surface area (Å²) in [6, 6.07) is 1.26. The lowest BCUT2D eigenvalue weighted by molar-refractivity contribution is 0.00288. The van der Waals surface area contributed by atoms with Crippen molar-refractivity contribution in [1.29, 1.82) is 0 Å². The van der Waals surface area contributed by atoms with Gasteiger partial charge in [0, 0.05) is 13.7 Å². The molecule has 166 valence electrons. The predicted octanol–water partition coefficient (Wildman–Crippen LogP) is 2.59. The van der Waals surface area contributed by atoms with Crippen molar-refractivity contribution < 1.29 is 32.6 Å². The average molecular weight is 480 g/mol. The maximum absolute atomic E-state index is 13.2. The van der Waals surface area contributed by atoms with Crippen molar-refractivity contribution in [3.8, 4) is 0 Å². The Hall–Kier alpha value is -1.89. The van der Waals surface area contributed by atoms with E-state index in [1.54, 1.807) is 20.8 Å². The van der Waals surface area contributed by atoms with Gasteiger partial charge in [0.1, 0.15) is 16.0 Å². The van der Waals surface area contributed by atoms with Crippen LogP contribution >= 0.6 is 22.9 Å². The molecule has 0 spiro atoms. The number of amides is 1. The van der Waals surface area contributed by atoms with E-state index in [9.17, 15) is 23.1 Å². The van der Waals surface area contributed by atoms with Crippen LogP contribution < -0.4 is 5.32 Å². The third-order valence-corrected chi connectivity index (χ3v) is 8.22. The Balaban J connectivity index is 2.15. The van der Waals surface area contributed by atoms with Gasteiger partial charge >= 0.3 is 12.1 Å². The van der Waals surface area contributed by atoms with Gasteiger partial charge in [-0.1, -0.05) is 11.6 Å². The number of hydrogen-bond acceptors (Lipinski definition) is 8. The van der Waals surface area contributed by atoms with Gasteiger partial charge in [-0.2, -0.15) is 0 Å². The quantitative estimate of drug-likeness (QED) is 0.665. The minimum absolute atomic E-state index is 0.0538. The number of carboxylic acids is 1. The fraction of sp³-hybridized carbons (Fsp3) is 0.588. The summed E-state index contributed by atoms with van der Waals surface area (Å²) in [5.74, 6) is -1.45. The molecule has 1 saturated heterocycles. The number of fused-ring (bicyclic) bond motifs is 1. The molecule has 3 heterocycles. The molecular weight excluding hydrogens is 458 g/mol. The van der Waals surface area contributed by atoms with E-state index in [4.69, 9.17) is 21.1 Å². The van der Waals surface area contributed by atoms with Crippen LogP contribution in [-0.4, -0.2) is 60.5 Å². The molecule has 2 N–H and O–H groups in total. The summed E-state index contributed by atoms with van der Waals surface area (Å²) in [6.07, 6.45) is -0.170. The number of carbonyl (C=O) groups excluding carboxylic acids is 1. The van der Waals surface area contributed by atoms with Gasteiger partial charge in [-0.15, -0.1) is 11.3 Å². The highest BCUT2D eigenvalue weighted by Gasteiger charge is 2.57. The number of alkyl carbamates (subject to hydrolysis) is 1. The number of guanidine groups is 1. The van der Waals surface area contributed by atoms with Crippen LogP contribution in [0.15, 0.2) is 11.1 Å². The van der Waals surface area contributed by atoms with Gasteiger partial charge in [0.2, 0.25) is 11.4 Å². The highest BCUT2D eigenvalue weighted by atomic mass is 35.5. The molecule has 2 unspecified atom stereocenters. The Morgan fingerprint density at radius 3 is 2.70 bits per heavy atom. The fourth-order valence-corrected chi connectivity index (χ4v) is 6.56. The molecular formula is C17H22ClN3O7S2. The molecule has 2 atom stereocenters. The van der Waals surface area contributed by atoms with Crippen molar-refractivity contribution in [3.63, 3.8) is 0 Å². The molecule has 0 aromatic carbocycles. The van der Waals surface area contributed by atoms with Crippen LogP contribution in [0, 0.1) is 0 Å². The second-order valence-corrected chi connectivity index (χ2v) is 11.4. The monoisotopic (exact) mass is 479 g/mol. The number of halogens is 1. The van der Waals surface area contributed by atoms with Crippen molar-refractivity contribution in [2.45, 2.75) is 50.2 Å². The van der Waals surface area contributed by atoms with Gasteiger partial charge in [-0.3, -0.25) is 5.32 Å². The summed E-state index contributed by atoms with van der Waals surface area (Å²) in [6.45, 7) is 5.20. The highest BCUT2D eigenvalue weighted by molar-refractivity contribution is 7.90. The lowest BCUT2D eigenvalue weighted by Gasteiger charge is -2.45. The Labute approximate surface area is 182 Å². The summed E-state index contributed by atoms with van der Waals surface area (Å²) >= 11 is 7.15. The maximum atomic E-state index is 13.2. The van der Waals surface area contributed by atoms with Gasteiger partial charge in [0.25, 0.3) is 10.0 Å². The molecule has 1 fully saturated rings. The summed E-state index contributed by atoms with van der Waals surface area (Å²) in [5.41, 5.74) is -3.72. The molecule has 0 aliphatic carbocycles. The number of rotatable bonds is 2. The van der Waals surface area contributed by atoms with Gasteiger partial charge in [0.05, 0.1) is 9.90 Å². The van der Waals surface area contributed by atoms with Crippen LogP contribution in [-0.2, 0) is 25.0 Å². The summed E-state index contributed by atoms with van der Waals surface area (Å²) in [4.78, 5) is 28.4. The maximum Gasteiger partial charge on any atom is 0.414 e. The van der Waals surface area contributed by atoms with E-state index in [0.717, 1.165) is 15.6 Å². The minimum Gasteiger partial charge on any atom is -0.477 e. The summed E-state index contributed by atoms with van der Waals surface area (Å²) in [5, 5.41) is 11.8. The van der Waals surface area contributed by atoms with E-state index in [1.165, 1.54) is 13.1 Å². The minimum atomic E-state index is -4.12. The Bertz CT molecular complexity index is 1020. The SMILES string of the molecule is CN1C(NC(=O)OC(C)(C)C)=NC2(c3sc(C(=O)O)cc3Cl)CCCOC2S1(=O)=O. The molecule has 0 saturated carbocycles. The standard InChI is InChI=1S/C17H22ClN3O7S2/c1-16(2,3)28-15(24)19-14-20-17(11-9(18)8-10(29-11)12(22)23)6-5-7-27-13(17)30(25,26)21(14)4/h8,13H,5-7H2,1-4H3,(H,22,23)(H,19,20,24). The molecule has 10 nitrogen and oxygen atoms in total. The first-order valence-electron chi connectivity index (χ1n) is 9.00. The van der Waals surface area contributed by atoms with Crippen molar-refractivity contribution in [2.24, 2.45) is 4.99 Å². The second kappa shape index (κ2) is 7.66. The smallest absolute Gasteiger partial charge is 0.414 e. The molecule has 1 aromatic heterocycles. The van der Waals surface area contributed by atoms with E-state index < -0.39 is 38.7 Å². The number of carboxylic acid groups (broad SMARTS) is 1. The molecule has 30 heavy (non-hydrogen) atoms. The molecule has 2 aliphatic heterocycles. The number of ether oxygens (including phenoxy) is 2. The van der Waals surface area contributed by atoms with Crippen molar-refractivity contribution in [1.82, 2.24) is 9.62 Å². The lowest BCUT2D eigenvalue weighted by Crippen LogP contribution is -2.61. The second-order valence-electron chi connectivity index (χ2n) is 7.90. The third kappa shape index (κ3) is 4.01. The van der Waals surface area contributed by atoms with Gasteiger partial charge in [-0.25, -0.2) is 27.3 Å². The number of thiophene rings is 1. The number of hydrogen-bond donors (Lipinski definition) is 2. The molecule has 13 heteroatoms. The van der Waals surface area contributed by atoms with Crippen molar-refractivity contribution in [3.05, 3.63) is 20.8 Å². The lowest BCUT2D eigenvalue weighted by atomic mass is 9.91. The van der Waals surface area contributed by atoms with Crippen LogP contribution in [0.4, 0.5) is 4.79 Å². The van der Waals surface area contributed by atoms with Gasteiger partial charge in [-0.05, 0) is 39.7 Å². The topological polar surface area (TPSA) is 135 Å². The van der Waals surface area contributed by atoms with E-state index in [1.807, 2.05) is 0 Å². The number of sulfonamides is 1. The first-order valence-corrected chi connectivity index (χ1v) is 11.7. The van der Waals surface area contributed by atoms with E-state index in [2.05, 4.69) is 10.3 Å². The zero-order valence-corrected chi connectivity index (χ0v) is 19.2. The van der Waals surface area contributed by atoms with E-state index in [0.29, 0.717) is 6.42 Å². The van der Waals surface area contributed by atoms with Gasteiger partial charge in [0.15, 0.2) is 0 Å². The van der Waals surface area contributed by atoms with Crippen LogP contribution in [0.1, 0.15) is 48.2 Å². The summed E-state index contributed by atoms with van der Waals surface area (Å²) < 4.78 is 38.1.